The predicted octanol–water partition coefficient (Wildman–Crippen LogP) is 4.87. The molecule has 0 bridgehead atoms. The molecule has 1 aliphatic carbocycles. The number of rotatable bonds is 7. The van der Waals surface area contributed by atoms with E-state index in [9.17, 15) is 17.6 Å². The molecule has 0 spiro atoms. The zero-order valence-corrected chi connectivity index (χ0v) is 18.5. The van der Waals surface area contributed by atoms with Crippen LogP contribution in [0.2, 0.25) is 0 Å². The van der Waals surface area contributed by atoms with Gasteiger partial charge in [-0.05, 0) is 50.1 Å². The number of nitrogens with one attached hydrogen (secondary N) is 2. The molecule has 6 nitrogen and oxygen atoms in total. The van der Waals surface area contributed by atoms with Crippen LogP contribution in [0.4, 0.5) is 10.1 Å². The molecule has 3 rings (SSSR count). The maximum atomic E-state index is 14.0. The average Bonchev–Trinajstić information content (AvgIpc) is 2.71. The molecule has 1 aliphatic rings. The highest BCUT2D eigenvalue weighted by atomic mass is 32.2. The van der Waals surface area contributed by atoms with E-state index in [1.54, 1.807) is 13.0 Å². The molecule has 0 aromatic heterocycles. The van der Waals surface area contributed by atoms with Gasteiger partial charge >= 0.3 is 0 Å². The predicted molar refractivity (Wildman–Crippen MR) is 118 cm³/mol. The number of ether oxygens (including phenoxy) is 1. The van der Waals surface area contributed by atoms with Gasteiger partial charge < -0.3 is 10.1 Å². The summed E-state index contributed by atoms with van der Waals surface area (Å²) < 4.78 is 48.3. The van der Waals surface area contributed by atoms with Gasteiger partial charge in [0.15, 0.2) is 0 Å². The van der Waals surface area contributed by atoms with Gasteiger partial charge in [-0.2, -0.15) is 0 Å². The van der Waals surface area contributed by atoms with Crippen molar-refractivity contribution in [2.45, 2.75) is 62.8 Å². The maximum absolute atomic E-state index is 14.0. The first-order valence-electron chi connectivity index (χ1n) is 10.8. The third-order valence-electron chi connectivity index (χ3n) is 5.35. The minimum atomic E-state index is -3.78. The number of carbonyl (C=O) groups is 1. The minimum Gasteiger partial charge on any atom is -0.492 e. The third-order valence-corrected chi connectivity index (χ3v) is 6.87. The van der Waals surface area contributed by atoms with Crippen LogP contribution in [0.25, 0.3) is 0 Å². The fourth-order valence-electron chi connectivity index (χ4n) is 3.75. The third kappa shape index (κ3) is 6.27. The van der Waals surface area contributed by atoms with Crippen LogP contribution in [0.15, 0.2) is 47.4 Å². The highest BCUT2D eigenvalue weighted by molar-refractivity contribution is 7.89. The van der Waals surface area contributed by atoms with Gasteiger partial charge in [0.25, 0.3) is 5.91 Å². The second kappa shape index (κ2) is 10.7. The molecule has 0 aliphatic heterocycles. The number of hydrogen-bond donors (Lipinski definition) is 2. The van der Waals surface area contributed by atoms with Gasteiger partial charge in [0.2, 0.25) is 10.0 Å². The molecule has 1 amide bonds. The molecular formula is C23H29FN2O4S. The van der Waals surface area contributed by atoms with Crippen LogP contribution in [0.5, 0.6) is 5.75 Å². The second-order valence-corrected chi connectivity index (χ2v) is 9.40. The van der Waals surface area contributed by atoms with Crippen molar-refractivity contribution in [1.29, 1.82) is 0 Å². The van der Waals surface area contributed by atoms with Gasteiger partial charge in [0.05, 0.1) is 22.8 Å². The normalized spacial score (nSPS) is 15.7. The summed E-state index contributed by atoms with van der Waals surface area (Å²) in [4.78, 5) is 12.6. The lowest BCUT2D eigenvalue weighted by Gasteiger charge is -2.21. The first-order chi connectivity index (χ1) is 14.9. The second-order valence-electron chi connectivity index (χ2n) is 7.69. The molecule has 2 aromatic rings. The van der Waals surface area contributed by atoms with E-state index in [1.807, 2.05) is 0 Å². The van der Waals surface area contributed by atoms with Crippen LogP contribution < -0.4 is 14.8 Å². The fourth-order valence-corrected chi connectivity index (χ4v) is 5.08. The molecule has 0 saturated heterocycles. The summed E-state index contributed by atoms with van der Waals surface area (Å²) in [5.74, 6) is -1.02. The van der Waals surface area contributed by atoms with Gasteiger partial charge in [-0.25, -0.2) is 17.5 Å². The summed E-state index contributed by atoms with van der Waals surface area (Å²) in [7, 11) is -3.78. The number of sulfonamides is 1. The summed E-state index contributed by atoms with van der Waals surface area (Å²) in [5.41, 5.74) is 0.0431. The van der Waals surface area contributed by atoms with E-state index < -0.39 is 21.7 Å². The topological polar surface area (TPSA) is 84.5 Å². The van der Waals surface area contributed by atoms with Crippen molar-refractivity contribution in [1.82, 2.24) is 4.72 Å². The van der Waals surface area contributed by atoms with E-state index in [2.05, 4.69) is 10.0 Å². The van der Waals surface area contributed by atoms with Crippen molar-refractivity contribution in [2.75, 3.05) is 11.9 Å². The molecule has 0 unspecified atom stereocenters. The van der Waals surface area contributed by atoms with Crippen molar-refractivity contribution >= 4 is 21.6 Å². The Balaban J connectivity index is 1.84. The van der Waals surface area contributed by atoms with Crippen molar-refractivity contribution in [3.8, 4) is 5.75 Å². The molecule has 2 N–H and O–H groups in total. The Morgan fingerprint density at radius 2 is 1.74 bits per heavy atom. The SMILES string of the molecule is CCOc1ccc(S(=O)(=O)NC2CCCCCCC2)cc1NC(=O)c1ccccc1F. The lowest BCUT2D eigenvalue weighted by Crippen LogP contribution is -2.35. The van der Waals surface area contributed by atoms with Gasteiger partial charge in [0, 0.05) is 6.04 Å². The Labute approximate surface area is 183 Å². The van der Waals surface area contributed by atoms with Crippen molar-refractivity contribution in [2.24, 2.45) is 0 Å². The molecule has 168 valence electrons. The quantitative estimate of drug-likeness (QED) is 0.633. The Morgan fingerprint density at radius 3 is 2.42 bits per heavy atom. The van der Waals surface area contributed by atoms with Crippen LogP contribution >= 0.6 is 0 Å². The Bertz CT molecular complexity index is 1000. The summed E-state index contributed by atoms with van der Waals surface area (Å²) in [6, 6.07) is 9.82. The van der Waals surface area contributed by atoms with E-state index in [4.69, 9.17) is 4.74 Å². The van der Waals surface area contributed by atoms with Crippen LogP contribution in [0.1, 0.15) is 62.2 Å². The summed E-state index contributed by atoms with van der Waals surface area (Å²) in [6.45, 7) is 2.11. The standard InChI is InChI=1S/C23H29FN2O4S/c1-2-30-22-15-14-18(31(28,29)26-17-10-6-4-3-5-7-11-17)16-21(22)25-23(27)19-12-8-9-13-20(19)24/h8-9,12-17,26H,2-7,10-11H2,1H3,(H,25,27). The molecule has 2 aromatic carbocycles. The number of hydrogen-bond acceptors (Lipinski definition) is 4. The fraction of sp³-hybridized carbons (Fsp3) is 0.435. The highest BCUT2D eigenvalue weighted by Gasteiger charge is 2.23. The van der Waals surface area contributed by atoms with Gasteiger partial charge in [-0.1, -0.05) is 44.2 Å². The summed E-state index contributed by atoms with van der Waals surface area (Å²) in [5, 5.41) is 2.59. The van der Waals surface area contributed by atoms with E-state index in [0.717, 1.165) is 38.5 Å². The number of anilines is 1. The molecule has 8 heteroatoms. The molecule has 31 heavy (non-hydrogen) atoms. The van der Waals surface area contributed by atoms with E-state index in [-0.39, 0.29) is 22.2 Å². The average molecular weight is 449 g/mol. The van der Waals surface area contributed by atoms with Crippen LogP contribution in [-0.2, 0) is 10.0 Å². The van der Waals surface area contributed by atoms with Crippen LogP contribution in [0.3, 0.4) is 0 Å². The van der Waals surface area contributed by atoms with Crippen LogP contribution in [0, 0.1) is 5.82 Å². The Kier molecular flexibility index (Phi) is 8.03. The lowest BCUT2D eigenvalue weighted by atomic mass is 9.97. The Hall–Kier alpha value is -2.45. The van der Waals surface area contributed by atoms with Crippen molar-refractivity contribution in [3.63, 3.8) is 0 Å². The molecule has 0 atom stereocenters. The molecule has 1 fully saturated rings. The van der Waals surface area contributed by atoms with Gasteiger partial charge in [-0.15, -0.1) is 0 Å². The number of amides is 1. The monoisotopic (exact) mass is 448 g/mol. The van der Waals surface area contributed by atoms with Crippen molar-refractivity contribution in [3.05, 3.63) is 53.8 Å². The van der Waals surface area contributed by atoms with Crippen LogP contribution in [-0.4, -0.2) is 27.0 Å². The summed E-state index contributed by atoms with van der Waals surface area (Å²) >= 11 is 0. The van der Waals surface area contributed by atoms with E-state index >= 15 is 0 Å². The lowest BCUT2D eigenvalue weighted by molar-refractivity contribution is 0.102. The maximum Gasteiger partial charge on any atom is 0.258 e. The number of carbonyl (C=O) groups excluding carboxylic acids is 1. The Morgan fingerprint density at radius 1 is 1.06 bits per heavy atom. The first-order valence-corrected chi connectivity index (χ1v) is 12.2. The zero-order chi connectivity index (χ0) is 22.3. The highest BCUT2D eigenvalue weighted by Crippen LogP contribution is 2.29. The summed E-state index contributed by atoms with van der Waals surface area (Å²) in [6.07, 6.45) is 7.06. The molecular weight excluding hydrogens is 419 g/mol. The van der Waals surface area contributed by atoms with Gasteiger partial charge in [-0.3, -0.25) is 4.79 Å². The number of halogens is 1. The molecule has 0 heterocycles. The van der Waals surface area contributed by atoms with Crippen molar-refractivity contribution < 1.29 is 22.3 Å². The first kappa shape index (κ1) is 23.2. The molecule has 1 saturated carbocycles. The van der Waals surface area contributed by atoms with Gasteiger partial charge in [0.1, 0.15) is 11.6 Å². The smallest absolute Gasteiger partial charge is 0.258 e. The number of benzene rings is 2. The largest absolute Gasteiger partial charge is 0.492 e. The van der Waals surface area contributed by atoms with E-state index in [1.165, 1.54) is 42.8 Å². The zero-order valence-electron chi connectivity index (χ0n) is 17.7. The molecule has 0 radical (unpaired) electrons. The minimum absolute atomic E-state index is 0.0295. The van der Waals surface area contributed by atoms with E-state index in [0.29, 0.717) is 12.4 Å².